The van der Waals surface area contributed by atoms with Crippen LogP contribution in [0.5, 0.6) is 0 Å². The van der Waals surface area contributed by atoms with Crippen LogP contribution in [0.15, 0.2) is 43.0 Å². The van der Waals surface area contributed by atoms with E-state index in [0.717, 1.165) is 30.5 Å². The molecule has 7 nitrogen and oxygen atoms in total. The van der Waals surface area contributed by atoms with E-state index in [1.807, 2.05) is 50.2 Å². The lowest BCUT2D eigenvalue weighted by Crippen LogP contribution is -2.63. The minimum absolute atomic E-state index is 0.0951. The lowest BCUT2D eigenvalue weighted by Gasteiger charge is -2.61. The van der Waals surface area contributed by atoms with Crippen LogP contribution in [0.25, 0.3) is 6.08 Å². The number of ether oxygens (including phenoxy) is 2. The number of aliphatic hydroxyl groups is 1. The second-order valence-electron chi connectivity index (χ2n) is 13.0. The fraction of sp³-hybridized carbons (Fsp3) is 0.606. The summed E-state index contributed by atoms with van der Waals surface area (Å²) in [6, 6.07) is 7.68. The van der Waals surface area contributed by atoms with E-state index < -0.39 is 41.6 Å². The van der Waals surface area contributed by atoms with Crippen LogP contribution in [-0.2, 0) is 23.9 Å². The Morgan fingerprint density at radius 2 is 1.82 bits per heavy atom. The van der Waals surface area contributed by atoms with Crippen LogP contribution >= 0.6 is 0 Å². The largest absolute Gasteiger partial charge is 0.459 e. The van der Waals surface area contributed by atoms with Crippen LogP contribution in [0.2, 0.25) is 0 Å². The van der Waals surface area contributed by atoms with Crippen LogP contribution in [-0.4, -0.2) is 55.7 Å². The van der Waals surface area contributed by atoms with Gasteiger partial charge in [0.25, 0.3) is 0 Å². The first-order valence-corrected chi connectivity index (χ1v) is 14.4. The van der Waals surface area contributed by atoms with E-state index in [2.05, 4.69) is 27.4 Å². The third kappa shape index (κ3) is 5.13. The minimum atomic E-state index is -0.729. The van der Waals surface area contributed by atoms with E-state index in [1.165, 1.54) is 6.08 Å². The summed E-state index contributed by atoms with van der Waals surface area (Å²) >= 11 is 0. The molecule has 1 aromatic carbocycles. The molecule has 0 heterocycles. The van der Waals surface area contributed by atoms with Gasteiger partial charge in [0.1, 0.15) is 11.9 Å². The molecule has 0 radical (unpaired) electrons. The van der Waals surface area contributed by atoms with Gasteiger partial charge in [0.2, 0.25) is 0 Å². The summed E-state index contributed by atoms with van der Waals surface area (Å²) in [5, 5.41) is 11.6. The van der Waals surface area contributed by atoms with E-state index in [-0.39, 0.29) is 29.0 Å². The number of benzene rings is 1. The van der Waals surface area contributed by atoms with Gasteiger partial charge in [-0.2, -0.15) is 0 Å². The van der Waals surface area contributed by atoms with Gasteiger partial charge in [-0.25, -0.2) is 9.59 Å². The fourth-order valence-electron chi connectivity index (χ4n) is 7.92. The molecule has 3 saturated carbocycles. The lowest BCUT2D eigenvalue weighted by atomic mass is 9.44. The highest BCUT2D eigenvalue weighted by Crippen LogP contribution is 2.68. The first kappa shape index (κ1) is 30.0. The molecule has 2 bridgehead atoms. The van der Waals surface area contributed by atoms with Crippen LogP contribution in [0.3, 0.4) is 0 Å². The van der Waals surface area contributed by atoms with Gasteiger partial charge in [0, 0.05) is 49.0 Å². The number of hydrogen-bond acceptors (Lipinski definition) is 7. The topological polar surface area (TPSA) is 93.1 Å². The minimum Gasteiger partial charge on any atom is -0.459 e. The maximum absolute atomic E-state index is 13.5. The standard InChI is InChI=1S/C33H45NO6/c1-8-31(4)19-26(32(5)21(2)15-17-33(22(3)30(31)38)18-16-25(35)29(32)33)40-28(37)20-39-27(36)14-11-23-9-12-24(13-10-23)34(6)7/h8-14,21-22,26,29-30,38H,1,15-20H2,2-7H3/b14-11+/t21-,22+,26-,29+,30+,31-,32+,33+/m1/s1. The Hall–Kier alpha value is -2.93. The number of rotatable bonds is 7. The summed E-state index contributed by atoms with van der Waals surface area (Å²) in [7, 11) is 3.91. The molecule has 0 aliphatic heterocycles. The van der Waals surface area contributed by atoms with Crippen LogP contribution < -0.4 is 4.90 Å². The van der Waals surface area contributed by atoms with Crippen molar-refractivity contribution in [3.63, 3.8) is 0 Å². The maximum atomic E-state index is 13.5. The van der Waals surface area contributed by atoms with Crippen LogP contribution in [0, 0.1) is 34.0 Å². The summed E-state index contributed by atoms with van der Waals surface area (Å²) < 4.78 is 11.3. The van der Waals surface area contributed by atoms with Gasteiger partial charge in [-0.15, -0.1) is 6.58 Å². The summed E-state index contributed by atoms with van der Waals surface area (Å²) in [5.74, 6) is -1.37. The Balaban J connectivity index is 1.52. The Morgan fingerprint density at radius 3 is 2.45 bits per heavy atom. The van der Waals surface area contributed by atoms with E-state index >= 15 is 0 Å². The summed E-state index contributed by atoms with van der Waals surface area (Å²) in [6.45, 7) is 11.8. The number of carbonyl (C=O) groups excluding carboxylic acids is 3. The Morgan fingerprint density at radius 1 is 1.15 bits per heavy atom. The van der Waals surface area contributed by atoms with E-state index in [4.69, 9.17) is 9.47 Å². The summed E-state index contributed by atoms with van der Waals surface area (Å²) in [4.78, 5) is 41.0. The van der Waals surface area contributed by atoms with Crippen molar-refractivity contribution in [1.29, 1.82) is 0 Å². The highest BCUT2D eigenvalue weighted by molar-refractivity contribution is 5.89. The number of hydrogen-bond donors (Lipinski definition) is 1. The monoisotopic (exact) mass is 551 g/mol. The molecule has 3 aliphatic rings. The molecule has 0 spiro atoms. The van der Waals surface area contributed by atoms with Crippen LogP contribution in [0.1, 0.15) is 65.4 Å². The molecule has 0 unspecified atom stereocenters. The molecular formula is C33H45NO6. The molecule has 3 aliphatic carbocycles. The van der Waals surface area contributed by atoms with Crippen molar-refractivity contribution >= 4 is 29.5 Å². The van der Waals surface area contributed by atoms with Gasteiger partial charge < -0.3 is 19.5 Å². The second-order valence-corrected chi connectivity index (χ2v) is 13.0. The number of carbonyl (C=O) groups is 3. The molecule has 0 aromatic heterocycles. The second kappa shape index (κ2) is 11.2. The zero-order valence-electron chi connectivity index (χ0n) is 24.8. The molecule has 40 heavy (non-hydrogen) atoms. The molecule has 3 fully saturated rings. The van der Waals surface area contributed by atoms with E-state index in [9.17, 15) is 19.5 Å². The van der Waals surface area contributed by atoms with E-state index in [1.54, 1.807) is 12.2 Å². The number of esters is 2. The molecule has 0 saturated heterocycles. The zero-order valence-corrected chi connectivity index (χ0v) is 24.8. The van der Waals surface area contributed by atoms with Crippen molar-refractivity contribution in [3.8, 4) is 0 Å². The van der Waals surface area contributed by atoms with Crippen molar-refractivity contribution in [2.45, 2.75) is 72.0 Å². The SMILES string of the molecule is C=C[C@]1(C)C[C@@H](OC(=O)COC(=O)/C=C/c2ccc(N(C)C)cc2)[C@]2(C)[C@H](C)CC[C@]3(CCC(=O)[C@H]32)[C@@H](C)[C@@H]1O. The Kier molecular flexibility index (Phi) is 8.38. The lowest BCUT2D eigenvalue weighted by molar-refractivity contribution is -0.208. The number of ketones is 1. The number of Topliss-reactive ketones (excluding diaryl/α,β-unsaturated/α-hetero) is 1. The predicted molar refractivity (Wildman–Crippen MR) is 155 cm³/mol. The van der Waals surface area contributed by atoms with E-state index in [0.29, 0.717) is 12.8 Å². The van der Waals surface area contributed by atoms with Crippen molar-refractivity contribution in [1.82, 2.24) is 0 Å². The third-order valence-corrected chi connectivity index (χ3v) is 10.7. The first-order valence-electron chi connectivity index (χ1n) is 14.4. The van der Waals surface area contributed by atoms with Crippen molar-refractivity contribution in [3.05, 3.63) is 48.6 Å². The third-order valence-electron chi connectivity index (χ3n) is 10.7. The van der Waals surface area contributed by atoms with Gasteiger partial charge in [-0.1, -0.05) is 45.9 Å². The quantitative estimate of drug-likeness (QED) is 0.282. The predicted octanol–water partition coefficient (Wildman–Crippen LogP) is 5.22. The van der Waals surface area contributed by atoms with Gasteiger partial charge in [0.05, 0.1) is 6.10 Å². The molecule has 8 atom stereocenters. The molecule has 0 amide bonds. The van der Waals surface area contributed by atoms with Crippen LogP contribution in [0.4, 0.5) is 5.69 Å². The number of nitrogens with zero attached hydrogens (tertiary/aromatic N) is 1. The maximum Gasteiger partial charge on any atom is 0.344 e. The molecule has 7 heteroatoms. The summed E-state index contributed by atoms with van der Waals surface area (Å²) in [6.07, 6.45) is 6.65. The fourth-order valence-corrected chi connectivity index (χ4v) is 7.92. The van der Waals surface area contributed by atoms with Gasteiger partial charge >= 0.3 is 11.9 Å². The highest BCUT2D eigenvalue weighted by Gasteiger charge is 2.68. The Bertz CT molecular complexity index is 1170. The summed E-state index contributed by atoms with van der Waals surface area (Å²) in [5.41, 5.74) is 0.218. The molecule has 1 aromatic rings. The highest BCUT2D eigenvalue weighted by atomic mass is 16.6. The molecular weight excluding hydrogens is 506 g/mol. The Labute approximate surface area is 238 Å². The number of aliphatic hydroxyl groups excluding tert-OH is 1. The van der Waals surface area contributed by atoms with Crippen molar-refractivity contribution in [2.75, 3.05) is 25.6 Å². The van der Waals surface area contributed by atoms with Crippen molar-refractivity contribution < 1.29 is 29.0 Å². The molecule has 218 valence electrons. The number of anilines is 1. The van der Waals surface area contributed by atoms with Gasteiger partial charge in [-0.05, 0) is 66.7 Å². The van der Waals surface area contributed by atoms with Crippen molar-refractivity contribution in [2.24, 2.45) is 34.0 Å². The first-order chi connectivity index (χ1) is 18.8. The normalized spacial score (nSPS) is 37.3. The average molecular weight is 552 g/mol. The zero-order chi connectivity index (χ0) is 29.5. The van der Waals surface area contributed by atoms with Gasteiger partial charge in [-0.3, -0.25) is 4.79 Å². The molecule has 4 rings (SSSR count). The van der Waals surface area contributed by atoms with Gasteiger partial charge in [0.15, 0.2) is 6.61 Å². The average Bonchev–Trinajstić information content (AvgIpc) is 3.29. The molecule has 1 N–H and O–H groups in total. The smallest absolute Gasteiger partial charge is 0.344 e.